The first-order chi connectivity index (χ1) is 8.42. The first-order valence-corrected chi connectivity index (χ1v) is 6.90. The molecule has 1 N–H and O–H groups in total. The summed E-state index contributed by atoms with van der Waals surface area (Å²) in [5.41, 5.74) is 2.61. The lowest BCUT2D eigenvalue weighted by molar-refractivity contribution is 0.218. The number of nitrogens with one attached hydrogen (secondary N) is 1. The molecule has 0 radical (unpaired) electrons. The number of fused-ring (bicyclic) bond motifs is 1. The second kappa shape index (κ2) is 8.10. The van der Waals surface area contributed by atoms with Gasteiger partial charge in [-0.25, -0.2) is 0 Å². The Morgan fingerprint density at radius 2 is 1.84 bits per heavy atom. The van der Waals surface area contributed by atoms with E-state index in [2.05, 4.69) is 21.0 Å². The molecule has 0 saturated carbocycles. The quantitative estimate of drug-likeness (QED) is 0.909. The van der Waals surface area contributed by atoms with Crippen molar-refractivity contribution in [2.75, 3.05) is 19.6 Å². The average Bonchev–Trinajstić information content (AvgIpc) is 2.60. The van der Waals surface area contributed by atoms with Gasteiger partial charge < -0.3 is 5.32 Å². The molecule has 0 aliphatic carbocycles. The minimum atomic E-state index is 0. The van der Waals surface area contributed by atoms with Crippen molar-refractivity contribution >= 4 is 24.8 Å². The molecule has 0 unspecified atom stereocenters. The number of piperidine rings is 1. The summed E-state index contributed by atoms with van der Waals surface area (Å²) in [4.78, 5) is 2.54. The molecule has 1 fully saturated rings. The Morgan fingerprint density at radius 3 is 2.63 bits per heavy atom. The van der Waals surface area contributed by atoms with Crippen molar-refractivity contribution < 1.29 is 0 Å². The highest BCUT2D eigenvalue weighted by atomic mass is 35.5. The van der Waals surface area contributed by atoms with Crippen molar-refractivity contribution in [1.29, 1.82) is 0 Å². The third kappa shape index (κ3) is 4.35. The third-order valence-corrected chi connectivity index (χ3v) is 3.78. The number of rotatable bonds is 2. The summed E-state index contributed by atoms with van der Waals surface area (Å²) in [6, 6.07) is 2.28. The average molecular weight is 307 g/mol. The number of likely N-dealkylation sites (tertiary alicyclic amines) is 1. The molecule has 3 heterocycles. The Hall–Kier alpha value is -0.290. The number of hydrogen-bond donors (Lipinski definition) is 1. The summed E-state index contributed by atoms with van der Waals surface area (Å²) >= 11 is 0. The van der Waals surface area contributed by atoms with Gasteiger partial charge in [-0.2, -0.15) is 5.10 Å². The standard InChI is InChI=1S/C13H22N4.2ClH/c1-2-6-16(7-3-1)11-12-9-13-10-14-5-4-8-17(13)15-12;;/h9,14H,1-8,10-11H2;2*1H. The van der Waals surface area contributed by atoms with E-state index in [9.17, 15) is 0 Å². The second-order valence-corrected chi connectivity index (χ2v) is 5.22. The molecule has 0 amide bonds. The van der Waals surface area contributed by atoms with E-state index >= 15 is 0 Å². The fraction of sp³-hybridized carbons (Fsp3) is 0.769. The molecule has 2 aliphatic rings. The van der Waals surface area contributed by atoms with Crippen molar-refractivity contribution in [1.82, 2.24) is 20.0 Å². The highest BCUT2D eigenvalue weighted by molar-refractivity contribution is 5.85. The number of nitrogens with zero attached hydrogens (tertiary/aromatic N) is 3. The molecular weight excluding hydrogens is 283 g/mol. The van der Waals surface area contributed by atoms with Crippen LogP contribution in [0.5, 0.6) is 0 Å². The van der Waals surface area contributed by atoms with E-state index in [1.165, 1.54) is 50.2 Å². The van der Waals surface area contributed by atoms with Crippen LogP contribution in [-0.4, -0.2) is 34.3 Å². The Morgan fingerprint density at radius 1 is 1.05 bits per heavy atom. The van der Waals surface area contributed by atoms with Crippen molar-refractivity contribution in [3.63, 3.8) is 0 Å². The van der Waals surface area contributed by atoms with Crippen molar-refractivity contribution in [2.24, 2.45) is 0 Å². The first-order valence-electron chi connectivity index (χ1n) is 6.90. The zero-order valence-corrected chi connectivity index (χ0v) is 12.9. The maximum atomic E-state index is 4.74. The minimum absolute atomic E-state index is 0. The molecule has 19 heavy (non-hydrogen) atoms. The number of halogens is 2. The van der Waals surface area contributed by atoms with Crippen LogP contribution in [0.15, 0.2) is 6.07 Å². The van der Waals surface area contributed by atoms with Gasteiger partial charge in [-0.1, -0.05) is 6.42 Å². The van der Waals surface area contributed by atoms with Crippen molar-refractivity contribution in [3.8, 4) is 0 Å². The summed E-state index contributed by atoms with van der Waals surface area (Å²) in [5, 5.41) is 8.19. The molecular formula is C13H24Cl2N4. The van der Waals surface area contributed by atoms with Gasteiger partial charge in [0, 0.05) is 19.6 Å². The number of hydrogen-bond acceptors (Lipinski definition) is 3. The maximum absolute atomic E-state index is 4.74. The lowest BCUT2D eigenvalue weighted by Gasteiger charge is -2.25. The van der Waals surface area contributed by atoms with Gasteiger partial charge in [-0.05, 0) is 45.0 Å². The second-order valence-electron chi connectivity index (χ2n) is 5.22. The molecule has 2 aliphatic heterocycles. The smallest absolute Gasteiger partial charge is 0.0768 e. The van der Waals surface area contributed by atoms with E-state index < -0.39 is 0 Å². The van der Waals surface area contributed by atoms with Gasteiger partial charge in [-0.3, -0.25) is 9.58 Å². The van der Waals surface area contributed by atoms with Gasteiger partial charge in [0.05, 0.1) is 11.4 Å². The Kier molecular flexibility index (Phi) is 7.15. The SMILES string of the molecule is Cl.Cl.c1c(CN2CCCCC2)nn2c1CNCCC2. The Balaban J connectivity index is 0.000000902. The Labute approximate surface area is 127 Å². The van der Waals surface area contributed by atoms with Crippen LogP contribution in [-0.2, 0) is 19.6 Å². The summed E-state index contributed by atoms with van der Waals surface area (Å²) in [7, 11) is 0. The zero-order chi connectivity index (χ0) is 11.5. The lowest BCUT2D eigenvalue weighted by Crippen LogP contribution is -2.29. The highest BCUT2D eigenvalue weighted by Gasteiger charge is 2.15. The molecule has 3 rings (SSSR count). The van der Waals surface area contributed by atoms with Crippen LogP contribution in [0, 0.1) is 0 Å². The predicted molar refractivity (Wildman–Crippen MR) is 82.2 cm³/mol. The molecule has 6 heteroatoms. The van der Waals surface area contributed by atoms with Crippen molar-refractivity contribution in [3.05, 3.63) is 17.5 Å². The topological polar surface area (TPSA) is 33.1 Å². The van der Waals surface area contributed by atoms with Gasteiger partial charge in [0.25, 0.3) is 0 Å². The van der Waals surface area contributed by atoms with Crippen LogP contribution < -0.4 is 5.32 Å². The zero-order valence-electron chi connectivity index (χ0n) is 11.3. The largest absolute Gasteiger partial charge is 0.311 e. The molecule has 1 saturated heterocycles. The molecule has 110 valence electrons. The van der Waals surface area contributed by atoms with Gasteiger partial charge in [0.2, 0.25) is 0 Å². The van der Waals surface area contributed by atoms with Gasteiger partial charge in [-0.15, -0.1) is 24.8 Å². The molecule has 0 aromatic carbocycles. The Bertz CT molecular complexity index is 351. The molecule has 0 atom stereocenters. The van der Waals surface area contributed by atoms with Crippen LogP contribution in [0.4, 0.5) is 0 Å². The predicted octanol–water partition coefficient (Wildman–Crippen LogP) is 2.21. The monoisotopic (exact) mass is 306 g/mol. The molecule has 1 aromatic rings. The summed E-state index contributed by atoms with van der Waals surface area (Å²) in [5.74, 6) is 0. The molecule has 1 aromatic heterocycles. The van der Waals surface area contributed by atoms with Crippen LogP contribution in [0.2, 0.25) is 0 Å². The van der Waals surface area contributed by atoms with E-state index in [1.54, 1.807) is 0 Å². The first kappa shape index (κ1) is 16.8. The van der Waals surface area contributed by atoms with Gasteiger partial charge in [0.1, 0.15) is 0 Å². The summed E-state index contributed by atoms with van der Waals surface area (Å²) in [6.45, 7) is 6.71. The minimum Gasteiger partial charge on any atom is -0.311 e. The van der Waals surface area contributed by atoms with Crippen LogP contribution >= 0.6 is 24.8 Å². The van der Waals surface area contributed by atoms with Crippen LogP contribution in [0.3, 0.4) is 0 Å². The van der Waals surface area contributed by atoms with E-state index in [0.29, 0.717) is 0 Å². The van der Waals surface area contributed by atoms with E-state index in [-0.39, 0.29) is 24.8 Å². The van der Waals surface area contributed by atoms with Gasteiger partial charge >= 0.3 is 0 Å². The summed E-state index contributed by atoms with van der Waals surface area (Å²) in [6.07, 6.45) is 5.31. The van der Waals surface area contributed by atoms with E-state index in [4.69, 9.17) is 5.10 Å². The molecule has 0 spiro atoms. The molecule has 4 nitrogen and oxygen atoms in total. The van der Waals surface area contributed by atoms with Crippen LogP contribution in [0.1, 0.15) is 37.1 Å². The normalized spacial score (nSPS) is 19.8. The number of aromatic nitrogens is 2. The van der Waals surface area contributed by atoms with E-state index in [1.807, 2.05) is 0 Å². The highest BCUT2D eigenvalue weighted by Crippen LogP contribution is 2.14. The number of aryl methyl sites for hydroxylation is 1. The third-order valence-electron chi connectivity index (χ3n) is 3.78. The van der Waals surface area contributed by atoms with Crippen molar-refractivity contribution in [2.45, 2.75) is 45.3 Å². The maximum Gasteiger partial charge on any atom is 0.0768 e. The lowest BCUT2D eigenvalue weighted by atomic mass is 10.1. The van der Waals surface area contributed by atoms with Gasteiger partial charge in [0.15, 0.2) is 0 Å². The molecule has 0 bridgehead atoms. The summed E-state index contributed by atoms with van der Waals surface area (Å²) < 4.78 is 2.19. The van der Waals surface area contributed by atoms with E-state index in [0.717, 1.165) is 26.2 Å². The fourth-order valence-electron chi connectivity index (χ4n) is 2.85. The fourth-order valence-corrected chi connectivity index (χ4v) is 2.85. The van der Waals surface area contributed by atoms with Crippen LogP contribution in [0.25, 0.3) is 0 Å².